The van der Waals surface area contributed by atoms with Crippen LogP contribution in [0.4, 0.5) is 0 Å². The van der Waals surface area contributed by atoms with Crippen LogP contribution in [-0.4, -0.2) is 79.9 Å². The molecule has 0 unspecified atom stereocenters. The minimum atomic E-state index is 0.299. The predicted molar refractivity (Wildman–Crippen MR) is 96.5 cm³/mol. The highest BCUT2D eigenvalue weighted by Crippen LogP contribution is 2.18. The zero-order chi connectivity index (χ0) is 17.0. The smallest absolute Gasteiger partial charge is 0.143 e. The maximum atomic E-state index is 11.1. The molecule has 2 heterocycles. The van der Waals surface area contributed by atoms with E-state index in [-0.39, 0.29) is 0 Å². The van der Waals surface area contributed by atoms with Crippen molar-refractivity contribution in [2.45, 2.75) is 47.5 Å². The van der Waals surface area contributed by atoms with E-state index in [1.54, 1.807) is 6.92 Å². The van der Waals surface area contributed by atoms with Crippen molar-refractivity contribution >= 4 is 5.78 Å². The maximum Gasteiger partial charge on any atom is 0.143 e. The second kappa shape index (κ2) is 13.0. The van der Waals surface area contributed by atoms with Gasteiger partial charge in [0.05, 0.1) is 6.54 Å². The van der Waals surface area contributed by atoms with E-state index in [1.165, 1.54) is 45.6 Å². The number of hydrogen-bond acceptors (Lipinski definition) is 4. The van der Waals surface area contributed by atoms with Crippen molar-refractivity contribution in [2.24, 2.45) is 5.92 Å². The molecule has 0 spiro atoms. The third-order valence-electron chi connectivity index (χ3n) is 4.27. The van der Waals surface area contributed by atoms with Gasteiger partial charge in [-0.2, -0.15) is 0 Å². The molecule has 0 atom stereocenters. The fraction of sp³-hybridized carbons (Fsp3) is 0.944. The molecule has 4 nitrogen and oxygen atoms in total. The Balaban J connectivity index is 0.00000102. The number of ketones is 1. The molecule has 0 bridgehead atoms. The number of piperazine rings is 1. The lowest BCUT2D eigenvalue weighted by atomic mass is 9.96. The summed E-state index contributed by atoms with van der Waals surface area (Å²) in [5, 5.41) is 0. The lowest BCUT2D eigenvalue weighted by Crippen LogP contribution is -2.47. The summed E-state index contributed by atoms with van der Waals surface area (Å²) >= 11 is 0. The predicted octanol–water partition coefficient (Wildman–Crippen LogP) is 2.59. The second-order valence-electron chi connectivity index (χ2n) is 6.03. The quantitative estimate of drug-likeness (QED) is 0.797. The van der Waals surface area contributed by atoms with Crippen molar-refractivity contribution in [1.82, 2.24) is 14.7 Å². The van der Waals surface area contributed by atoms with Gasteiger partial charge in [-0.25, -0.2) is 0 Å². The Morgan fingerprint density at radius 3 is 1.82 bits per heavy atom. The Morgan fingerprint density at radius 1 is 0.864 bits per heavy atom. The molecular weight excluding hydrogens is 274 g/mol. The Kier molecular flexibility index (Phi) is 12.8. The van der Waals surface area contributed by atoms with E-state index in [4.69, 9.17) is 0 Å². The third kappa shape index (κ3) is 8.86. The molecule has 0 aromatic carbocycles. The third-order valence-corrected chi connectivity index (χ3v) is 4.27. The number of likely N-dealkylation sites (N-methyl/N-ethyl adjacent to an activating group) is 1. The van der Waals surface area contributed by atoms with Crippen molar-refractivity contribution in [3.63, 3.8) is 0 Å². The number of carbonyl (C=O) groups excluding carboxylic acids is 1. The van der Waals surface area contributed by atoms with Crippen LogP contribution in [0.1, 0.15) is 47.5 Å². The maximum absolute atomic E-state index is 11.1. The molecule has 0 aromatic heterocycles. The summed E-state index contributed by atoms with van der Waals surface area (Å²) in [7, 11) is 2.21. The molecular formula is C18H39N3O. The largest absolute Gasteiger partial charge is 0.304 e. The minimum Gasteiger partial charge on any atom is -0.304 e. The van der Waals surface area contributed by atoms with Crippen LogP contribution in [0.3, 0.4) is 0 Å². The summed E-state index contributed by atoms with van der Waals surface area (Å²) in [6.45, 7) is 18.7. The molecule has 2 rings (SSSR count). The first-order chi connectivity index (χ1) is 10.6. The van der Waals surface area contributed by atoms with Gasteiger partial charge in [-0.15, -0.1) is 0 Å². The fourth-order valence-electron chi connectivity index (χ4n) is 3.04. The average Bonchev–Trinajstić information content (AvgIpc) is 2.55. The van der Waals surface area contributed by atoms with Crippen LogP contribution in [0.2, 0.25) is 0 Å². The van der Waals surface area contributed by atoms with Gasteiger partial charge in [-0.1, -0.05) is 27.7 Å². The van der Waals surface area contributed by atoms with Gasteiger partial charge >= 0.3 is 0 Å². The number of rotatable bonds is 4. The van der Waals surface area contributed by atoms with E-state index >= 15 is 0 Å². The average molecular weight is 314 g/mol. The molecule has 22 heavy (non-hydrogen) atoms. The highest BCUT2D eigenvalue weighted by molar-refractivity contribution is 5.77. The molecule has 2 aliphatic heterocycles. The van der Waals surface area contributed by atoms with Crippen LogP contribution in [0.25, 0.3) is 0 Å². The first kappa shape index (κ1) is 21.6. The van der Waals surface area contributed by atoms with Gasteiger partial charge in [-0.3, -0.25) is 9.69 Å². The molecule has 0 aromatic rings. The zero-order valence-electron chi connectivity index (χ0n) is 15.9. The lowest BCUT2D eigenvalue weighted by Gasteiger charge is -2.37. The summed E-state index contributed by atoms with van der Waals surface area (Å²) < 4.78 is 0. The fourth-order valence-corrected chi connectivity index (χ4v) is 3.04. The van der Waals surface area contributed by atoms with Crippen molar-refractivity contribution in [1.29, 1.82) is 0 Å². The van der Waals surface area contributed by atoms with E-state index in [0.29, 0.717) is 12.3 Å². The van der Waals surface area contributed by atoms with Gasteiger partial charge in [-0.05, 0) is 45.8 Å². The van der Waals surface area contributed by atoms with Gasteiger partial charge in [0.15, 0.2) is 0 Å². The Morgan fingerprint density at radius 2 is 1.36 bits per heavy atom. The van der Waals surface area contributed by atoms with Crippen LogP contribution in [0, 0.1) is 5.92 Å². The summed E-state index contributed by atoms with van der Waals surface area (Å²) in [5.41, 5.74) is 0. The van der Waals surface area contributed by atoms with Crippen molar-refractivity contribution in [3.8, 4) is 0 Å². The zero-order valence-corrected chi connectivity index (χ0v) is 15.9. The molecule has 0 amide bonds. The van der Waals surface area contributed by atoms with Gasteiger partial charge in [0.2, 0.25) is 0 Å². The second-order valence-corrected chi connectivity index (χ2v) is 6.03. The first-order valence-corrected chi connectivity index (χ1v) is 9.26. The number of likely N-dealkylation sites (tertiary alicyclic amines) is 1. The summed E-state index contributed by atoms with van der Waals surface area (Å²) in [5.74, 6) is 1.14. The normalized spacial score (nSPS) is 21.4. The topological polar surface area (TPSA) is 26.8 Å². The molecule has 0 saturated carbocycles. The molecule has 2 saturated heterocycles. The van der Waals surface area contributed by atoms with Crippen molar-refractivity contribution in [2.75, 3.05) is 59.4 Å². The number of hydrogen-bond donors (Lipinski definition) is 0. The summed E-state index contributed by atoms with van der Waals surface area (Å²) in [6, 6.07) is 0. The molecule has 0 aliphatic carbocycles. The molecule has 0 radical (unpaired) electrons. The SMILES string of the molecule is CC.CC.CC(=O)CN1CCC(CN2CCN(C)CC2)CC1. The van der Waals surface area contributed by atoms with Crippen LogP contribution < -0.4 is 0 Å². The van der Waals surface area contributed by atoms with Crippen LogP contribution in [0.15, 0.2) is 0 Å². The van der Waals surface area contributed by atoms with Gasteiger partial charge in [0.1, 0.15) is 5.78 Å². The lowest BCUT2D eigenvalue weighted by molar-refractivity contribution is -0.118. The minimum absolute atomic E-state index is 0.299. The number of nitrogens with zero attached hydrogens (tertiary/aromatic N) is 3. The van der Waals surface area contributed by atoms with E-state index < -0.39 is 0 Å². The molecule has 4 heteroatoms. The number of Topliss-reactive ketones (excluding diaryl/α,β-unsaturated/α-hetero) is 1. The van der Waals surface area contributed by atoms with Crippen molar-refractivity contribution in [3.05, 3.63) is 0 Å². The standard InChI is InChI=1S/C14H27N3O.2C2H6/c1-13(18)11-16-5-3-14(4-6-16)12-17-9-7-15(2)8-10-17;2*1-2/h14H,3-12H2,1-2H3;2*1-2H3. The Labute approximate surface area is 138 Å². The van der Waals surface area contributed by atoms with Crippen LogP contribution in [0.5, 0.6) is 0 Å². The summed E-state index contributed by atoms with van der Waals surface area (Å²) in [6.07, 6.45) is 2.53. The summed E-state index contributed by atoms with van der Waals surface area (Å²) in [4.78, 5) is 18.4. The highest BCUT2D eigenvalue weighted by Gasteiger charge is 2.23. The van der Waals surface area contributed by atoms with E-state index in [2.05, 4.69) is 21.7 Å². The molecule has 2 aliphatic rings. The van der Waals surface area contributed by atoms with Crippen LogP contribution >= 0.6 is 0 Å². The van der Waals surface area contributed by atoms with E-state index in [9.17, 15) is 4.79 Å². The number of carbonyl (C=O) groups is 1. The number of piperidine rings is 1. The Bertz CT molecular complexity index is 268. The first-order valence-electron chi connectivity index (χ1n) is 9.26. The van der Waals surface area contributed by atoms with Gasteiger partial charge in [0.25, 0.3) is 0 Å². The van der Waals surface area contributed by atoms with Crippen LogP contribution in [-0.2, 0) is 4.79 Å². The highest BCUT2D eigenvalue weighted by atomic mass is 16.1. The molecule has 0 N–H and O–H groups in total. The van der Waals surface area contributed by atoms with E-state index in [0.717, 1.165) is 19.0 Å². The van der Waals surface area contributed by atoms with E-state index in [1.807, 2.05) is 27.7 Å². The van der Waals surface area contributed by atoms with Gasteiger partial charge in [0, 0.05) is 32.7 Å². The molecule has 132 valence electrons. The van der Waals surface area contributed by atoms with Gasteiger partial charge < -0.3 is 9.80 Å². The molecule has 2 fully saturated rings. The Hall–Kier alpha value is -0.450. The van der Waals surface area contributed by atoms with Crippen molar-refractivity contribution < 1.29 is 4.79 Å². The monoisotopic (exact) mass is 313 g/mol.